The molecular formula is C15H14O4. The number of carbonyl (C=O) groups is 2. The average Bonchev–Trinajstić information content (AvgIpc) is 2.89. The molecule has 0 atom stereocenters. The summed E-state index contributed by atoms with van der Waals surface area (Å²) in [6.07, 6.45) is 1.88. The van der Waals surface area contributed by atoms with Gasteiger partial charge in [-0.25, -0.2) is 4.79 Å². The molecule has 0 radical (unpaired) electrons. The van der Waals surface area contributed by atoms with E-state index in [2.05, 4.69) is 0 Å². The summed E-state index contributed by atoms with van der Waals surface area (Å²) in [5.74, 6) is -1.41. The Balaban J connectivity index is 1.85. The topological polar surface area (TPSA) is 67.5 Å². The van der Waals surface area contributed by atoms with Crippen molar-refractivity contribution in [1.29, 1.82) is 0 Å². The Kier molecular flexibility index (Phi) is 4.13. The lowest BCUT2D eigenvalue weighted by molar-refractivity contribution is 0.0660. The number of benzene rings is 1. The molecule has 0 saturated heterocycles. The summed E-state index contributed by atoms with van der Waals surface area (Å²) in [7, 11) is 0. The highest BCUT2D eigenvalue weighted by atomic mass is 16.4. The number of carboxylic acid groups (broad SMARTS) is 1. The van der Waals surface area contributed by atoms with Crippen LogP contribution in [0.25, 0.3) is 0 Å². The predicted molar refractivity (Wildman–Crippen MR) is 69.4 cm³/mol. The van der Waals surface area contributed by atoms with Crippen molar-refractivity contribution in [2.45, 2.75) is 19.3 Å². The van der Waals surface area contributed by atoms with Crippen LogP contribution in [0.2, 0.25) is 0 Å². The minimum Gasteiger partial charge on any atom is -0.475 e. The third kappa shape index (κ3) is 3.55. The summed E-state index contributed by atoms with van der Waals surface area (Å²) in [6, 6.07) is 12.6. The molecule has 0 fully saturated rings. The molecule has 0 saturated carbocycles. The van der Waals surface area contributed by atoms with Gasteiger partial charge in [0.05, 0.1) is 0 Å². The van der Waals surface area contributed by atoms with Crippen LogP contribution >= 0.6 is 0 Å². The van der Waals surface area contributed by atoms with Crippen LogP contribution in [-0.2, 0) is 6.42 Å². The lowest BCUT2D eigenvalue weighted by atomic mass is 10.1. The number of rotatable bonds is 6. The number of hydrogen-bond acceptors (Lipinski definition) is 3. The lowest BCUT2D eigenvalue weighted by Gasteiger charge is -1.99. The second kappa shape index (κ2) is 6.00. The Hall–Kier alpha value is -2.36. The average molecular weight is 258 g/mol. The number of ketones is 1. The van der Waals surface area contributed by atoms with Crippen LogP contribution in [0.5, 0.6) is 0 Å². The van der Waals surface area contributed by atoms with Gasteiger partial charge < -0.3 is 9.52 Å². The maximum atomic E-state index is 11.8. The fourth-order valence-electron chi connectivity index (χ4n) is 1.82. The molecule has 1 N–H and O–H groups in total. The van der Waals surface area contributed by atoms with Crippen LogP contribution in [0, 0.1) is 0 Å². The van der Waals surface area contributed by atoms with E-state index < -0.39 is 5.97 Å². The molecule has 0 amide bonds. The van der Waals surface area contributed by atoms with E-state index in [9.17, 15) is 9.59 Å². The smallest absolute Gasteiger partial charge is 0.371 e. The summed E-state index contributed by atoms with van der Waals surface area (Å²) in [4.78, 5) is 22.4. The van der Waals surface area contributed by atoms with Gasteiger partial charge in [-0.2, -0.15) is 0 Å². The van der Waals surface area contributed by atoms with Gasteiger partial charge in [0.15, 0.2) is 11.5 Å². The van der Waals surface area contributed by atoms with Crippen LogP contribution in [0.15, 0.2) is 46.9 Å². The Morgan fingerprint density at radius 3 is 2.32 bits per heavy atom. The van der Waals surface area contributed by atoms with E-state index in [0.29, 0.717) is 12.8 Å². The number of aryl methyl sites for hydroxylation is 1. The molecule has 2 rings (SSSR count). The lowest BCUT2D eigenvalue weighted by Crippen LogP contribution is -1.99. The molecule has 0 unspecified atom stereocenters. The zero-order valence-electron chi connectivity index (χ0n) is 10.3. The molecule has 0 spiro atoms. The first-order chi connectivity index (χ1) is 9.16. The highest BCUT2D eigenvalue weighted by molar-refractivity contribution is 5.95. The first-order valence-electron chi connectivity index (χ1n) is 6.07. The maximum Gasteiger partial charge on any atom is 0.371 e. The van der Waals surface area contributed by atoms with Crippen molar-refractivity contribution < 1.29 is 19.1 Å². The van der Waals surface area contributed by atoms with Crippen LogP contribution in [0.4, 0.5) is 0 Å². The molecule has 98 valence electrons. The number of hydrogen-bond donors (Lipinski definition) is 1. The van der Waals surface area contributed by atoms with Gasteiger partial charge in [0.2, 0.25) is 5.76 Å². The number of carbonyl (C=O) groups excluding carboxylic acids is 1. The number of Topliss-reactive ketones (excluding diaryl/α,β-unsaturated/α-hetero) is 1. The maximum absolute atomic E-state index is 11.8. The van der Waals surface area contributed by atoms with Crippen molar-refractivity contribution in [1.82, 2.24) is 0 Å². The SMILES string of the molecule is O=C(O)c1ccc(C(=O)CCCc2ccccc2)o1. The van der Waals surface area contributed by atoms with E-state index in [1.165, 1.54) is 17.7 Å². The predicted octanol–water partition coefficient (Wildman–Crippen LogP) is 3.18. The van der Waals surface area contributed by atoms with Crippen LogP contribution < -0.4 is 0 Å². The summed E-state index contributed by atoms with van der Waals surface area (Å²) in [5, 5.41) is 8.70. The quantitative estimate of drug-likeness (QED) is 0.808. The molecule has 1 aromatic carbocycles. The van der Waals surface area contributed by atoms with E-state index in [1.807, 2.05) is 30.3 Å². The van der Waals surface area contributed by atoms with Gasteiger partial charge in [0.25, 0.3) is 0 Å². The Bertz CT molecular complexity index is 569. The minimum absolute atomic E-state index is 0.116. The molecule has 0 aliphatic carbocycles. The van der Waals surface area contributed by atoms with E-state index in [-0.39, 0.29) is 17.3 Å². The van der Waals surface area contributed by atoms with E-state index >= 15 is 0 Å². The number of carboxylic acids is 1. The largest absolute Gasteiger partial charge is 0.475 e. The first-order valence-corrected chi connectivity index (χ1v) is 6.07. The van der Waals surface area contributed by atoms with Crippen LogP contribution in [0.1, 0.15) is 39.5 Å². The third-order valence-corrected chi connectivity index (χ3v) is 2.80. The zero-order chi connectivity index (χ0) is 13.7. The highest BCUT2D eigenvalue weighted by Crippen LogP contribution is 2.12. The fraction of sp³-hybridized carbons (Fsp3) is 0.200. The number of aromatic carboxylic acids is 1. The summed E-state index contributed by atoms with van der Waals surface area (Å²) >= 11 is 0. The van der Waals surface area contributed by atoms with E-state index in [4.69, 9.17) is 9.52 Å². The van der Waals surface area contributed by atoms with Gasteiger partial charge in [-0.05, 0) is 30.5 Å². The molecule has 0 aliphatic rings. The molecule has 4 heteroatoms. The van der Waals surface area contributed by atoms with Crippen LogP contribution in [0.3, 0.4) is 0 Å². The Morgan fingerprint density at radius 1 is 1.00 bits per heavy atom. The Morgan fingerprint density at radius 2 is 1.68 bits per heavy atom. The molecule has 0 bridgehead atoms. The molecule has 1 heterocycles. The second-order valence-corrected chi connectivity index (χ2v) is 4.23. The van der Waals surface area contributed by atoms with Gasteiger partial charge in [-0.3, -0.25) is 4.79 Å². The van der Waals surface area contributed by atoms with Gasteiger partial charge >= 0.3 is 5.97 Å². The van der Waals surface area contributed by atoms with Gasteiger partial charge in [0.1, 0.15) is 0 Å². The number of furan rings is 1. The normalized spacial score (nSPS) is 10.3. The first kappa shape index (κ1) is 13.1. The van der Waals surface area contributed by atoms with Crippen molar-refractivity contribution in [3.8, 4) is 0 Å². The van der Waals surface area contributed by atoms with Gasteiger partial charge in [0, 0.05) is 6.42 Å². The van der Waals surface area contributed by atoms with Crippen molar-refractivity contribution in [3.05, 3.63) is 59.5 Å². The van der Waals surface area contributed by atoms with Crippen molar-refractivity contribution in [3.63, 3.8) is 0 Å². The summed E-state index contributed by atoms with van der Waals surface area (Å²) in [5.41, 5.74) is 1.18. The van der Waals surface area contributed by atoms with E-state index in [0.717, 1.165) is 6.42 Å². The van der Waals surface area contributed by atoms with Crippen LogP contribution in [-0.4, -0.2) is 16.9 Å². The van der Waals surface area contributed by atoms with E-state index in [1.54, 1.807) is 0 Å². The fourth-order valence-corrected chi connectivity index (χ4v) is 1.82. The molecule has 0 aliphatic heterocycles. The molecule has 19 heavy (non-hydrogen) atoms. The minimum atomic E-state index is -1.16. The van der Waals surface area contributed by atoms with Gasteiger partial charge in [-0.1, -0.05) is 30.3 Å². The highest BCUT2D eigenvalue weighted by Gasteiger charge is 2.14. The second-order valence-electron chi connectivity index (χ2n) is 4.23. The molecule has 2 aromatic rings. The van der Waals surface area contributed by atoms with Crippen molar-refractivity contribution in [2.24, 2.45) is 0 Å². The molecule has 1 aromatic heterocycles. The monoisotopic (exact) mass is 258 g/mol. The van der Waals surface area contributed by atoms with Crippen molar-refractivity contribution in [2.75, 3.05) is 0 Å². The standard InChI is InChI=1S/C15H14O4/c16-12(13-9-10-14(19-13)15(17)18)8-4-7-11-5-2-1-3-6-11/h1-3,5-6,9-10H,4,7-8H2,(H,17,18). The van der Waals surface area contributed by atoms with Crippen molar-refractivity contribution >= 4 is 11.8 Å². The molecular weight excluding hydrogens is 244 g/mol. The Labute approximate surface area is 110 Å². The molecule has 4 nitrogen and oxygen atoms in total. The zero-order valence-corrected chi connectivity index (χ0v) is 10.3. The van der Waals surface area contributed by atoms with Gasteiger partial charge in [-0.15, -0.1) is 0 Å². The summed E-state index contributed by atoms with van der Waals surface area (Å²) in [6.45, 7) is 0. The summed E-state index contributed by atoms with van der Waals surface area (Å²) < 4.78 is 4.96. The third-order valence-electron chi connectivity index (χ3n) is 2.80.